The second kappa shape index (κ2) is 28.6. The van der Waals surface area contributed by atoms with Crippen LogP contribution in [0.1, 0.15) is 113 Å². The average molecular weight is 711 g/mol. The normalized spacial score (nSPS) is 10.9. The fourth-order valence-corrected chi connectivity index (χ4v) is 4.51. The Morgan fingerprint density at radius 2 is 0.796 bits per heavy atom. The Kier molecular flexibility index (Phi) is 26.7. The Balaban J connectivity index is 0.000000826. The van der Waals surface area contributed by atoms with Crippen LogP contribution in [0.15, 0.2) is 48.5 Å². The monoisotopic (exact) mass is 710 g/mol. The largest absolute Gasteiger partial charge is 0.462 e. The summed E-state index contributed by atoms with van der Waals surface area (Å²) in [5, 5.41) is 0. The molecule has 0 aliphatic carbocycles. The first-order valence-corrected chi connectivity index (χ1v) is 18.9. The van der Waals surface area contributed by atoms with Gasteiger partial charge < -0.3 is 30.7 Å². The number of hydrogen-bond donors (Lipinski definition) is 4. The number of carbonyl (C=O) groups is 2. The topological polar surface area (TPSA) is 186 Å². The Morgan fingerprint density at radius 3 is 1.04 bits per heavy atom. The molecule has 0 atom stereocenters. The summed E-state index contributed by atoms with van der Waals surface area (Å²) < 4.78 is 42.2. The van der Waals surface area contributed by atoms with Gasteiger partial charge in [-0.25, -0.2) is 9.59 Å². The molecule has 6 N–H and O–H groups in total. The number of nitrogen functional groups attached to an aromatic ring is 2. The number of esters is 2. The summed E-state index contributed by atoms with van der Waals surface area (Å²) in [5.41, 5.74) is 13.6. The van der Waals surface area contributed by atoms with Crippen molar-refractivity contribution in [3.8, 4) is 0 Å². The van der Waals surface area contributed by atoms with Crippen molar-refractivity contribution in [2.75, 3.05) is 63.9 Å². The van der Waals surface area contributed by atoms with Crippen LogP contribution in [0.5, 0.6) is 0 Å². The Labute approximate surface area is 295 Å². The fourth-order valence-electron chi connectivity index (χ4n) is 4.51. The van der Waals surface area contributed by atoms with Gasteiger partial charge in [0.1, 0.15) is 0 Å². The van der Waals surface area contributed by atoms with E-state index < -0.39 is 10.4 Å². The van der Waals surface area contributed by atoms with E-state index in [0.29, 0.717) is 35.7 Å². The summed E-state index contributed by atoms with van der Waals surface area (Å²) >= 11 is 0. The lowest BCUT2D eigenvalue weighted by atomic mass is 10.2. The number of benzene rings is 2. The summed E-state index contributed by atoms with van der Waals surface area (Å²) in [6.45, 7) is 16.4. The van der Waals surface area contributed by atoms with Crippen molar-refractivity contribution in [2.24, 2.45) is 0 Å². The van der Waals surface area contributed by atoms with E-state index in [2.05, 4.69) is 37.5 Å². The number of nitrogens with two attached hydrogens (primary N) is 2. The third kappa shape index (κ3) is 27.3. The second-order valence-corrected chi connectivity index (χ2v) is 12.7. The van der Waals surface area contributed by atoms with Gasteiger partial charge in [-0.1, -0.05) is 53.4 Å². The molecule has 0 saturated carbocycles. The van der Waals surface area contributed by atoms with Crippen molar-refractivity contribution in [3.05, 3.63) is 59.7 Å². The quantitative estimate of drug-likeness (QED) is 0.0435. The van der Waals surface area contributed by atoms with Crippen LogP contribution >= 0.6 is 0 Å². The molecule has 0 aromatic heterocycles. The molecule has 0 spiro atoms. The zero-order valence-corrected chi connectivity index (χ0v) is 31.0. The van der Waals surface area contributed by atoms with Gasteiger partial charge >= 0.3 is 22.3 Å². The summed E-state index contributed by atoms with van der Waals surface area (Å²) in [7, 11) is -4.67. The van der Waals surface area contributed by atoms with Crippen molar-refractivity contribution >= 4 is 33.7 Å². The molecule has 0 unspecified atom stereocenters. The van der Waals surface area contributed by atoms with Gasteiger partial charge in [-0.2, -0.15) is 8.42 Å². The highest BCUT2D eigenvalue weighted by molar-refractivity contribution is 7.79. The Morgan fingerprint density at radius 1 is 0.551 bits per heavy atom. The van der Waals surface area contributed by atoms with Crippen LogP contribution in [0.2, 0.25) is 0 Å². The average Bonchev–Trinajstić information content (AvgIpc) is 3.06. The van der Waals surface area contributed by atoms with Gasteiger partial charge in [0.15, 0.2) is 0 Å². The van der Waals surface area contributed by atoms with E-state index in [1.165, 1.54) is 51.4 Å². The van der Waals surface area contributed by atoms with Gasteiger partial charge in [0.25, 0.3) is 0 Å². The zero-order valence-electron chi connectivity index (χ0n) is 30.1. The van der Waals surface area contributed by atoms with Gasteiger partial charge in [0.05, 0.1) is 24.3 Å². The van der Waals surface area contributed by atoms with Crippen molar-refractivity contribution in [1.29, 1.82) is 0 Å². The van der Waals surface area contributed by atoms with Crippen LogP contribution in [0.3, 0.4) is 0 Å². The summed E-state index contributed by atoms with van der Waals surface area (Å²) in [4.78, 5) is 28.7. The summed E-state index contributed by atoms with van der Waals surface area (Å²) in [6, 6.07) is 13.7. The van der Waals surface area contributed by atoms with Crippen LogP contribution in [-0.2, 0) is 19.9 Å². The highest BCUT2D eigenvalue weighted by atomic mass is 32.3. The van der Waals surface area contributed by atoms with E-state index in [4.69, 9.17) is 38.5 Å². The highest BCUT2D eigenvalue weighted by Gasteiger charge is 2.09. The van der Waals surface area contributed by atoms with Gasteiger partial charge in [0.2, 0.25) is 0 Å². The van der Waals surface area contributed by atoms with Gasteiger partial charge in [0, 0.05) is 24.5 Å². The number of nitrogens with zero attached hydrogens (tertiary/aromatic N) is 2. The molecule has 2 rings (SSSR count). The van der Waals surface area contributed by atoms with Crippen LogP contribution in [0.4, 0.5) is 11.4 Å². The minimum atomic E-state index is -4.67. The predicted molar refractivity (Wildman–Crippen MR) is 198 cm³/mol. The van der Waals surface area contributed by atoms with Gasteiger partial charge in [-0.3, -0.25) is 9.11 Å². The molecular formula is C36H62N4O8S. The molecule has 0 aliphatic heterocycles. The van der Waals surface area contributed by atoms with E-state index in [9.17, 15) is 9.59 Å². The Bertz CT molecular complexity index is 1120. The number of unbranched alkanes of at least 4 members (excludes halogenated alkanes) is 4. The summed E-state index contributed by atoms with van der Waals surface area (Å²) in [5.74, 6) is -0.540. The first kappa shape index (κ1) is 45.8. The third-order valence-electron chi connectivity index (χ3n) is 7.31. The first-order valence-electron chi connectivity index (χ1n) is 17.5. The molecule has 49 heavy (non-hydrogen) atoms. The molecule has 0 bridgehead atoms. The molecular weight excluding hydrogens is 648 g/mol. The van der Waals surface area contributed by atoms with Crippen molar-refractivity contribution in [1.82, 2.24) is 9.80 Å². The number of carbonyl (C=O) groups excluding carboxylic acids is 2. The van der Waals surface area contributed by atoms with Crippen LogP contribution < -0.4 is 11.5 Å². The standard InChI is InChI=1S/2C18H30N2O2.H2O4S/c2*1-3-5-12-20(13-6-4-2)14-7-15-22-18(21)16-8-10-17(19)11-9-16;1-5(2,3)4/h2*8-11H,3-7,12-15,19H2,1-2H3;(H2,1,2,3,4). The van der Waals surface area contributed by atoms with Crippen molar-refractivity contribution in [2.45, 2.75) is 91.9 Å². The smallest absolute Gasteiger partial charge is 0.394 e. The second-order valence-electron chi connectivity index (χ2n) is 11.8. The lowest BCUT2D eigenvalue weighted by Gasteiger charge is -2.21. The lowest BCUT2D eigenvalue weighted by Crippen LogP contribution is -2.28. The lowest BCUT2D eigenvalue weighted by molar-refractivity contribution is 0.0478. The molecule has 13 heteroatoms. The van der Waals surface area contributed by atoms with E-state index in [0.717, 1.165) is 52.1 Å². The predicted octanol–water partition coefficient (Wildman–Crippen LogP) is 6.78. The molecule has 0 saturated heterocycles. The van der Waals surface area contributed by atoms with E-state index in [1.54, 1.807) is 48.5 Å². The summed E-state index contributed by atoms with van der Waals surface area (Å²) in [6.07, 6.45) is 11.6. The number of rotatable bonds is 22. The third-order valence-corrected chi connectivity index (χ3v) is 7.31. The SMILES string of the molecule is CCCCN(CCCC)CCCOC(=O)c1ccc(N)cc1.CCCCN(CCCC)CCCOC(=O)c1ccc(N)cc1.O=S(=O)(O)O. The van der Waals surface area contributed by atoms with E-state index in [-0.39, 0.29) is 11.9 Å². The van der Waals surface area contributed by atoms with Crippen LogP contribution in [-0.4, -0.2) is 91.7 Å². The molecule has 2 aromatic rings. The minimum absolute atomic E-state index is 0.270. The van der Waals surface area contributed by atoms with E-state index >= 15 is 0 Å². The molecule has 2 aromatic carbocycles. The highest BCUT2D eigenvalue weighted by Crippen LogP contribution is 2.09. The maximum absolute atomic E-state index is 11.9. The van der Waals surface area contributed by atoms with E-state index in [1.807, 2.05) is 0 Å². The molecule has 12 nitrogen and oxygen atoms in total. The zero-order chi connectivity index (χ0) is 36.9. The molecule has 0 amide bonds. The van der Waals surface area contributed by atoms with Gasteiger partial charge in [-0.05, 0) is 113 Å². The van der Waals surface area contributed by atoms with Gasteiger partial charge in [-0.15, -0.1) is 0 Å². The maximum atomic E-state index is 11.9. The van der Waals surface area contributed by atoms with Crippen LogP contribution in [0.25, 0.3) is 0 Å². The fraction of sp³-hybridized carbons (Fsp3) is 0.611. The molecule has 0 heterocycles. The van der Waals surface area contributed by atoms with Crippen molar-refractivity contribution < 1.29 is 36.6 Å². The molecule has 0 radical (unpaired) electrons. The minimum Gasteiger partial charge on any atom is -0.462 e. The molecule has 280 valence electrons. The maximum Gasteiger partial charge on any atom is 0.394 e. The first-order chi connectivity index (χ1) is 23.3. The Hall–Kier alpha value is -3.23. The van der Waals surface area contributed by atoms with Crippen LogP contribution in [0, 0.1) is 0 Å². The number of hydrogen-bond acceptors (Lipinski definition) is 10. The number of ether oxygens (including phenoxy) is 2. The number of anilines is 2. The van der Waals surface area contributed by atoms with Crippen molar-refractivity contribution in [3.63, 3.8) is 0 Å². The molecule has 0 aliphatic rings. The molecule has 0 fully saturated rings.